The molecule has 0 bridgehead atoms. The van der Waals surface area contributed by atoms with Gasteiger partial charge in [0.2, 0.25) is 0 Å². The van der Waals surface area contributed by atoms with Gasteiger partial charge >= 0.3 is 5.97 Å². The van der Waals surface area contributed by atoms with Crippen LogP contribution in [0.2, 0.25) is 0 Å². The van der Waals surface area contributed by atoms with Crippen molar-refractivity contribution < 1.29 is 23.8 Å². The highest BCUT2D eigenvalue weighted by Crippen LogP contribution is 2.52. The first-order chi connectivity index (χ1) is 14.8. The second-order valence-corrected chi connectivity index (χ2v) is 9.37. The molecule has 1 fully saturated rings. The predicted octanol–water partition coefficient (Wildman–Crippen LogP) is 5.73. The Balaban J connectivity index is 1.62. The van der Waals surface area contributed by atoms with Crippen molar-refractivity contribution in [3.63, 3.8) is 0 Å². The molecule has 2 aliphatic rings. The Morgan fingerprint density at radius 3 is 2.52 bits per heavy atom. The molecule has 31 heavy (non-hydrogen) atoms. The smallest absolute Gasteiger partial charge is 0.309 e. The second-order valence-electron chi connectivity index (χ2n) is 9.37. The lowest BCUT2D eigenvalue weighted by Gasteiger charge is -2.50. The molecule has 1 saturated heterocycles. The highest BCUT2D eigenvalue weighted by molar-refractivity contribution is 5.71. The average molecular weight is 427 g/mol. The van der Waals surface area contributed by atoms with E-state index in [4.69, 9.17) is 9.47 Å². The molecular formula is C26H31FO4. The van der Waals surface area contributed by atoms with Crippen LogP contribution >= 0.6 is 0 Å². The molecule has 0 spiro atoms. The maximum atomic E-state index is 13.2. The van der Waals surface area contributed by atoms with Gasteiger partial charge in [-0.2, -0.15) is 0 Å². The van der Waals surface area contributed by atoms with Crippen molar-refractivity contribution in [3.05, 3.63) is 65.0 Å². The highest BCUT2D eigenvalue weighted by Gasteiger charge is 2.51. The minimum Gasteiger partial charge on any atom is -0.487 e. The normalized spacial score (nSPS) is 26.5. The molecule has 2 aromatic rings. The number of carboxylic acids is 1. The Morgan fingerprint density at radius 1 is 1.13 bits per heavy atom. The summed E-state index contributed by atoms with van der Waals surface area (Å²) in [6.45, 7) is 6.20. The maximum Gasteiger partial charge on any atom is 0.309 e. The first kappa shape index (κ1) is 21.8. The second kappa shape index (κ2) is 8.62. The number of hydrogen-bond acceptors (Lipinski definition) is 3. The quantitative estimate of drug-likeness (QED) is 0.641. The molecule has 2 heterocycles. The van der Waals surface area contributed by atoms with E-state index < -0.39 is 23.6 Å². The van der Waals surface area contributed by atoms with Gasteiger partial charge in [-0.05, 0) is 74.9 Å². The van der Waals surface area contributed by atoms with Gasteiger partial charge in [0.1, 0.15) is 17.2 Å². The van der Waals surface area contributed by atoms with E-state index in [1.165, 1.54) is 17.7 Å². The van der Waals surface area contributed by atoms with Crippen molar-refractivity contribution in [2.24, 2.45) is 11.8 Å². The van der Waals surface area contributed by atoms with Crippen LogP contribution in [-0.2, 0) is 22.4 Å². The van der Waals surface area contributed by atoms with Gasteiger partial charge in [-0.1, -0.05) is 31.5 Å². The number of aliphatic carboxylic acids is 1. The molecule has 4 atom stereocenters. The van der Waals surface area contributed by atoms with Crippen LogP contribution in [0.1, 0.15) is 62.8 Å². The molecule has 1 N–H and O–H groups in total. The summed E-state index contributed by atoms with van der Waals surface area (Å²) in [5, 5.41) is 9.94. The van der Waals surface area contributed by atoms with Crippen LogP contribution in [0.5, 0.6) is 5.75 Å². The molecule has 0 amide bonds. The molecular weight excluding hydrogens is 395 g/mol. The largest absolute Gasteiger partial charge is 0.487 e. The third-order valence-electron chi connectivity index (χ3n) is 6.78. The zero-order chi connectivity index (χ0) is 22.2. The van der Waals surface area contributed by atoms with E-state index in [-0.39, 0.29) is 17.8 Å². The minimum absolute atomic E-state index is 0.0416. The van der Waals surface area contributed by atoms with E-state index in [0.29, 0.717) is 19.3 Å². The Hall–Kier alpha value is -2.40. The van der Waals surface area contributed by atoms with Gasteiger partial charge in [0.05, 0.1) is 18.1 Å². The Labute approximate surface area is 183 Å². The zero-order valence-corrected chi connectivity index (χ0v) is 18.4. The number of benzene rings is 2. The van der Waals surface area contributed by atoms with E-state index in [2.05, 4.69) is 19.1 Å². The highest BCUT2D eigenvalue weighted by atomic mass is 19.1. The molecule has 0 aliphatic carbocycles. The zero-order valence-electron chi connectivity index (χ0n) is 18.4. The topological polar surface area (TPSA) is 55.8 Å². The summed E-state index contributed by atoms with van der Waals surface area (Å²) in [6.07, 6.45) is 3.19. The molecule has 4 rings (SSSR count). The predicted molar refractivity (Wildman–Crippen MR) is 117 cm³/mol. The van der Waals surface area contributed by atoms with Crippen LogP contribution in [-0.4, -0.2) is 22.8 Å². The minimum atomic E-state index is -0.830. The number of carboxylic acid groups (broad SMARTS) is 1. The lowest BCUT2D eigenvalue weighted by molar-refractivity contribution is -0.188. The number of ether oxygens (including phenoxy) is 2. The van der Waals surface area contributed by atoms with Crippen molar-refractivity contribution >= 4 is 5.97 Å². The summed E-state index contributed by atoms with van der Waals surface area (Å²) in [7, 11) is 0. The van der Waals surface area contributed by atoms with Crippen LogP contribution in [0.3, 0.4) is 0 Å². The third-order valence-corrected chi connectivity index (χ3v) is 6.78. The fourth-order valence-electron chi connectivity index (χ4n) is 5.07. The number of halogens is 1. The lowest BCUT2D eigenvalue weighted by atomic mass is 9.71. The van der Waals surface area contributed by atoms with Gasteiger partial charge < -0.3 is 14.6 Å². The Kier molecular flexibility index (Phi) is 6.07. The average Bonchev–Trinajstić information content (AvgIpc) is 2.73. The summed E-state index contributed by atoms with van der Waals surface area (Å²) in [4.78, 5) is 12.1. The van der Waals surface area contributed by atoms with Crippen molar-refractivity contribution in [3.8, 4) is 5.75 Å². The Bertz CT molecular complexity index is 937. The van der Waals surface area contributed by atoms with Gasteiger partial charge in [-0.3, -0.25) is 4.79 Å². The molecule has 166 valence electrons. The van der Waals surface area contributed by atoms with Crippen molar-refractivity contribution in [1.82, 2.24) is 0 Å². The van der Waals surface area contributed by atoms with Crippen LogP contribution in [0.25, 0.3) is 0 Å². The summed E-state index contributed by atoms with van der Waals surface area (Å²) in [5.41, 5.74) is 2.75. The summed E-state index contributed by atoms with van der Waals surface area (Å²) in [6, 6.07) is 12.7. The van der Waals surface area contributed by atoms with Crippen LogP contribution in [0, 0.1) is 17.7 Å². The standard InChI is InChI=1S/C26H31FO4/c1-4-5-17-9-13-23-19(14-17)24-21(26(2,3)31-23)15-20(25(28)29)22(30-24)12-8-16-6-10-18(27)11-7-16/h6-7,9-11,13-14,20-22,24H,4-5,8,12,15H2,1-3H3,(H,28,29)/t20-,21+,22+,24-/m1/s1. The lowest BCUT2D eigenvalue weighted by Crippen LogP contribution is -2.52. The molecule has 2 aliphatic heterocycles. The van der Waals surface area contributed by atoms with E-state index in [1.54, 1.807) is 12.1 Å². The molecule has 5 heteroatoms. The van der Waals surface area contributed by atoms with Crippen molar-refractivity contribution in [2.75, 3.05) is 0 Å². The van der Waals surface area contributed by atoms with Gasteiger partial charge in [0.25, 0.3) is 0 Å². The molecule has 0 radical (unpaired) electrons. The fraction of sp³-hybridized carbons (Fsp3) is 0.500. The molecule has 4 nitrogen and oxygen atoms in total. The van der Waals surface area contributed by atoms with Gasteiger partial charge in [-0.15, -0.1) is 0 Å². The monoisotopic (exact) mass is 426 g/mol. The molecule has 0 saturated carbocycles. The van der Waals surface area contributed by atoms with Crippen molar-refractivity contribution in [1.29, 1.82) is 0 Å². The van der Waals surface area contributed by atoms with E-state index >= 15 is 0 Å². The Morgan fingerprint density at radius 2 is 1.84 bits per heavy atom. The molecule has 0 aromatic heterocycles. The summed E-state index contributed by atoms with van der Waals surface area (Å²) in [5.74, 6) is -0.904. The van der Waals surface area contributed by atoms with E-state index in [1.807, 2.05) is 19.9 Å². The van der Waals surface area contributed by atoms with Crippen molar-refractivity contribution in [2.45, 2.75) is 70.7 Å². The van der Waals surface area contributed by atoms with Gasteiger partial charge in [-0.25, -0.2) is 4.39 Å². The number of aryl methyl sites for hydroxylation is 2. The van der Waals surface area contributed by atoms with Crippen LogP contribution in [0.15, 0.2) is 42.5 Å². The molecule has 0 unspecified atom stereocenters. The fourth-order valence-corrected chi connectivity index (χ4v) is 5.07. The van der Waals surface area contributed by atoms with Crippen LogP contribution < -0.4 is 4.74 Å². The SMILES string of the molecule is CCCc1ccc2c(c1)[C@H]1O[C@@H](CCc3ccc(F)cc3)[C@H](C(=O)O)C[C@@H]1C(C)(C)O2. The number of fused-ring (bicyclic) bond motifs is 3. The maximum absolute atomic E-state index is 13.2. The number of hydrogen-bond donors (Lipinski definition) is 1. The van der Waals surface area contributed by atoms with Gasteiger partial charge in [0.15, 0.2) is 0 Å². The molecule has 2 aromatic carbocycles. The third kappa shape index (κ3) is 4.47. The first-order valence-electron chi connectivity index (χ1n) is 11.2. The number of rotatable bonds is 6. The van der Waals surface area contributed by atoms with Crippen LogP contribution in [0.4, 0.5) is 4.39 Å². The van der Waals surface area contributed by atoms with Gasteiger partial charge in [0, 0.05) is 11.5 Å². The first-order valence-corrected chi connectivity index (χ1v) is 11.2. The van der Waals surface area contributed by atoms with E-state index in [0.717, 1.165) is 29.7 Å². The summed E-state index contributed by atoms with van der Waals surface area (Å²) >= 11 is 0. The summed E-state index contributed by atoms with van der Waals surface area (Å²) < 4.78 is 26.1. The number of carbonyl (C=O) groups is 1. The van der Waals surface area contributed by atoms with E-state index in [9.17, 15) is 14.3 Å².